The van der Waals surface area contributed by atoms with Crippen LogP contribution in [0.5, 0.6) is 0 Å². The van der Waals surface area contributed by atoms with Crippen LogP contribution in [0.4, 0.5) is 0 Å². The van der Waals surface area contributed by atoms with Crippen molar-refractivity contribution in [3.63, 3.8) is 0 Å². The summed E-state index contributed by atoms with van der Waals surface area (Å²) < 4.78 is 10.2. The van der Waals surface area contributed by atoms with Crippen LogP contribution in [0.15, 0.2) is 30.3 Å². The fourth-order valence-corrected chi connectivity index (χ4v) is 2.31. The molecule has 92 valence electrons. The molecule has 1 heterocycles. The largest absolute Gasteiger partial charge is 0.433 e. The topological polar surface area (TPSA) is 47.6 Å². The predicted octanol–water partition coefficient (Wildman–Crippen LogP) is 1.44. The fourth-order valence-electron chi connectivity index (χ4n) is 1.76. The minimum Gasteiger partial charge on any atom is -0.433 e. The molecule has 1 fully saturated rings. The lowest BCUT2D eigenvalue weighted by Crippen LogP contribution is -2.42. The Labute approximate surface area is 108 Å². The Morgan fingerprint density at radius 1 is 1.41 bits per heavy atom. The summed E-state index contributed by atoms with van der Waals surface area (Å²) in [7, 11) is 1.53. The van der Waals surface area contributed by atoms with Crippen molar-refractivity contribution in [2.45, 2.75) is 23.7 Å². The molecule has 0 spiro atoms. The molecule has 1 N–H and O–H groups in total. The number of carbonyl (C=O) groups excluding carboxylic acids is 1. The number of methoxy groups -OCH3 is 1. The molecule has 1 saturated heterocycles. The number of nitrogens with one attached hydrogen (secondary N) is 1. The summed E-state index contributed by atoms with van der Waals surface area (Å²) in [5, 5.41) is 3.26. The maximum Gasteiger partial charge on any atom is 0.323 e. The van der Waals surface area contributed by atoms with Crippen molar-refractivity contribution in [1.82, 2.24) is 5.32 Å². The summed E-state index contributed by atoms with van der Waals surface area (Å²) in [6.45, 7) is 0.671. The monoisotopic (exact) mass is 299 g/mol. The SMILES string of the molecule is COC1OC(=O)C(Br)C1NCc1ccccc1. The van der Waals surface area contributed by atoms with Crippen LogP contribution < -0.4 is 5.32 Å². The van der Waals surface area contributed by atoms with E-state index in [1.807, 2.05) is 30.3 Å². The van der Waals surface area contributed by atoms with Gasteiger partial charge in [0.05, 0.1) is 6.04 Å². The Balaban J connectivity index is 1.96. The number of cyclic esters (lactones) is 1. The Morgan fingerprint density at radius 3 is 2.76 bits per heavy atom. The van der Waals surface area contributed by atoms with E-state index in [4.69, 9.17) is 9.47 Å². The van der Waals surface area contributed by atoms with E-state index in [0.717, 1.165) is 5.56 Å². The third-order valence-electron chi connectivity index (χ3n) is 2.68. The van der Waals surface area contributed by atoms with Crippen molar-refractivity contribution in [3.05, 3.63) is 35.9 Å². The number of esters is 1. The molecule has 0 aliphatic carbocycles. The van der Waals surface area contributed by atoms with Gasteiger partial charge in [0.1, 0.15) is 4.83 Å². The quantitative estimate of drug-likeness (QED) is 0.675. The molecule has 0 aromatic heterocycles. The van der Waals surface area contributed by atoms with Gasteiger partial charge in [-0.3, -0.25) is 4.79 Å². The number of hydrogen-bond acceptors (Lipinski definition) is 4. The number of alkyl halides is 1. The van der Waals surface area contributed by atoms with E-state index >= 15 is 0 Å². The van der Waals surface area contributed by atoms with Gasteiger partial charge in [0.2, 0.25) is 6.29 Å². The number of benzene rings is 1. The van der Waals surface area contributed by atoms with Gasteiger partial charge in [-0.25, -0.2) is 0 Å². The van der Waals surface area contributed by atoms with E-state index in [1.165, 1.54) is 7.11 Å². The third-order valence-corrected chi connectivity index (χ3v) is 3.63. The van der Waals surface area contributed by atoms with Gasteiger partial charge in [-0.05, 0) is 5.56 Å². The van der Waals surface area contributed by atoms with Crippen molar-refractivity contribution < 1.29 is 14.3 Å². The zero-order valence-corrected chi connectivity index (χ0v) is 11.0. The third kappa shape index (κ3) is 2.86. The van der Waals surface area contributed by atoms with Crippen molar-refractivity contribution in [1.29, 1.82) is 0 Å². The van der Waals surface area contributed by atoms with Crippen LogP contribution in [0.1, 0.15) is 5.56 Å². The number of hydrogen-bond donors (Lipinski definition) is 1. The average Bonchev–Trinajstić information content (AvgIpc) is 2.64. The van der Waals surface area contributed by atoms with Gasteiger partial charge in [-0.1, -0.05) is 46.3 Å². The second kappa shape index (κ2) is 5.62. The smallest absolute Gasteiger partial charge is 0.323 e. The Morgan fingerprint density at radius 2 is 2.12 bits per heavy atom. The first kappa shape index (κ1) is 12.5. The van der Waals surface area contributed by atoms with Gasteiger partial charge in [-0.15, -0.1) is 0 Å². The fraction of sp³-hybridized carbons (Fsp3) is 0.417. The van der Waals surface area contributed by atoms with E-state index in [-0.39, 0.29) is 16.8 Å². The van der Waals surface area contributed by atoms with E-state index < -0.39 is 6.29 Å². The van der Waals surface area contributed by atoms with Gasteiger partial charge < -0.3 is 14.8 Å². The molecule has 1 aromatic carbocycles. The minimum absolute atomic E-state index is 0.173. The zero-order valence-electron chi connectivity index (χ0n) is 9.43. The molecule has 1 aromatic rings. The molecule has 0 saturated carbocycles. The minimum atomic E-state index is -0.532. The van der Waals surface area contributed by atoms with Gasteiger partial charge >= 0.3 is 5.97 Å². The van der Waals surface area contributed by atoms with Crippen molar-refractivity contribution in [2.75, 3.05) is 7.11 Å². The summed E-state index contributed by atoms with van der Waals surface area (Å²) in [5.41, 5.74) is 1.15. The van der Waals surface area contributed by atoms with Gasteiger partial charge in [-0.2, -0.15) is 0 Å². The summed E-state index contributed by atoms with van der Waals surface area (Å²) >= 11 is 3.31. The van der Waals surface area contributed by atoms with Crippen molar-refractivity contribution >= 4 is 21.9 Å². The van der Waals surface area contributed by atoms with E-state index in [2.05, 4.69) is 21.2 Å². The lowest BCUT2D eigenvalue weighted by atomic mass is 10.2. The molecule has 1 aliphatic rings. The zero-order chi connectivity index (χ0) is 12.3. The van der Waals surface area contributed by atoms with E-state index in [9.17, 15) is 4.79 Å². The van der Waals surface area contributed by atoms with Crippen LogP contribution in [-0.4, -0.2) is 30.2 Å². The normalized spacial score (nSPS) is 28.1. The summed E-state index contributed by atoms with van der Waals surface area (Å²) in [6.07, 6.45) is -0.532. The molecule has 1 aliphatic heterocycles. The molecule has 4 nitrogen and oxygen atoms in total. The highest BCUT2D eigenvalue weighted by atomic mass is 79.9. The molecule has 3 unspecified atom stereocenters. The summed E-state index contributed by atoms with van der Waals surface area (Å²) in [5.74, 6) is -0.289. The molecule has 0 amide bonds. The molecule has 5 heteroatoms. The van der Waals surface area contributed by atoms with Gasteiger partial charge in [0.25, 0.3) is 0 Å². The number of rotatable bonds is 4. The molecular formula is C12H14BrNO3. The molecule has 2 rings (SSSR count). The number of ether oxygens (including phenoxy) is 2. The predicted molar refractivity (Wildman–Crippen MR) is 66.7 cm³/mol. The highest BCUT2D eigenvalue weighted by Gasteiger charge is 2.43. The van der Waals surface area contributed by atoms with Crippen LogP contribution in [0.3, 0.4) is 0 Å². The van der Waals surface area contributed by atoms with Gasteiger partial charge in [0, 0.05) is 13.7 Å². The Kier molecular flexibility index (Phi) is 4.15. The van der Waals surface area contributed by atoms with Gasteiger partial charge in [0.15, 0.2) is 0 Å². The average molecular weight is 300 g/mol. The van der Waals surface area contributed by atoms with Crippen molar-refractivity contribution in [3.8, 4) is 0 Å². The molecule has 3 atom stereocenters. The lowest BCUT2D eigenvalue weighted by Gasteiger charge is -2.18. The van der Waals surface area contributed by atoms with Crippen LogP contribution in [0.25, 0.3) is 0 Å². The van der Waals surface area contributed by atoms with E-state index in [1.54, 1.807) is 0 Å². The Hall–Kier alpha value is -0.910. The summed E-state index contributed by atoms with van der Waals surface area (Å²) in [6, 6.07) is 9.80. The lowest BCUT2D eigenvalue weighted by molar-refractivity contribution is -0.159. The first-order chi connectivity index (χ1) is 8.22. The Bertz CT molecular complexity index is 385. The van der Waals surface area contributed by atoms with Crippen molar-refractivity contribution in [2.24, 2.45) is 0 Å². The molecule has 17 heavy (non-hydrogen) atoms. The summed E-state index contributed by atoms with van der Waals surface area (Å²) in [4.78, 5) is 11.0. The number of carbonyl (C=O) groups is 1. The second-order valence-corrected chi connectivity index (χ2v) is 4.82. The standard InChI is InChI=1S/C12H14BrNO3/c1-16-12-10(9(13)11(15)17-12)14-7-8-5-3-2-4-6-8/h2-6,9-10,12,14H,7H2,1H3. The molecular weight excluding hydrogens is 286 g/mol. The number of halogens is 1. The highest BCUT2D eigenvalue weighted by molar-refractivity contribution is 9.10. The van der Waals surface area contributed by atoms with Crippen LogP contribution >= 0.6 is 15.9 Å². The highest BCUT2D eigenvalue weighted by Crippen LogP contribution is 2.23. The maximum absolute atomic E-state index is 11.4. The van der Waals surface area contributed by atoms with Crippen LogP contribution in [0.2, 0.25) is 0 Å². The molecule has 0 bridgehead atoms. The first-order valence-electron chi connectivity index (χ1n) is 5.37. The molecule has 0 radical (unpaired) electrons. The second-order valence-electron chi connectivity index (χ2n) is 3.84. The first-order valence-corrected chi connectivity index (χ1v) is 6.28. The van der Waals surface area contributed by atoms with Crippen LogP contribution in [0, 0.1) is 0 Å². The van der Waals surface area contributed by atoms with Crippen LogP contribution in [-0.2, 0) is 20.8 Å². The maximum atomic E-state index is 11.4. The van der Waals surface area contributed by atoms with E-state index in [0.29, 0.717) is 6.54 Å².